The molecule has 3 heterocycles. The van der Waals surface area contributed by atoms with Crippen molar-refractivity contribution in [2.24, 2.45) is 0 Å². The van der Waals surface area contributed by atoms with E-state index in [1.165, 1.54) is 26.2 Å². The molecule has 4 aromatic rings. The van der Waals surface area contributed by atoms with Gasteiger partial charge in [-0.3, -0.25) is 4.79 Å². The topological polar surface area (TPSA) is 87.9 Å². The van der Waals surface area contributed by atoms with Crippen LogP contribution in [0, 0.1) is 13.8 Å². The lowest BCUT2D eigenvalue weighted by molar-refractivity contribution is 0.383. The average molecular weight is 482 g/mol. The Labute approximate surface area is 195 Å². The third-order valence-corrected chi connectivity index (χ3v) is 8.78. The van der Waals surface area contributed by atoms with Crippen molar-refractivity contribution in [3.8, 4) is 10.6 Å². The highest BCUT2D eigenvalue weighted by atomic mass is 32.2. The van der Waals surface area contributed by atoms with Crippen molar-refractivity contribution in [1.29, 1.82) is 0 Å². The van der Waals surface area contributed by atoms with Gasteiger partial charge in [0, 0.05) is 37.8 Å². The van der Waals surface area contributed by atoms with E-state index in [2.05, 4.69) is 10.1 Å². The van der Waals surface area contributed by atoms with Gasteiger partial charge in [-0.05, 0) is 25.5 Å². The molecule has 2 aromatic heterocycles. The Morgan fingerprint density at radius 2 is 1.67 bits per heavy atom. The molecule has 8 nitrogen and oxygen atoms in total. The first kappa shape index (κ1) is 21.7. The van der Waals surface area contributed by atoms with Crippen LogP contribution in [0.25, 0.3) is 15.5 Å². The third-order valence-electron chi connectivity index (χ3n) is 5.76. The second-order valence-corrected chi connectivity index (χ2v) is 10.9. The van der Waals surface area contributed by atoms with E-state index in [9.17, 15) is 13.2 Å². The molecule has 5 rings (SSSR count). The van der Waals surface area contributed by atoms with Gasteiger partial charge in [0.2, 0.25) is 15.0 Å². The minimum absolute atomic E-state index is 0.251. The van der Waals surface area contributed by atoms with Crippen LogP contribution in [-0.2, 0) is 10.0 Å². The minimum Gasteiger partial charge on any atom is -0.354 e. The molecule has 0 N–H and O–H groups in total. The van der Waals surface area contributed by atoms with Gasteiger partial charge in [0.25, 0.3) is 5.56 Å². The molecule has 0 amide bonds. The van der Waals surface area contributed by atoms with Gasteiger partial charge < -0.3 is 4.90 Å². The van der Waals surface area contributed by atoms with Crippen molar-refractivity contribution in [1.82, 2.24) is 18.9 Å². The fourth-order valence-electron chi connectivity index (χ4n) is 4.04. The lowest BCUT2D eigenvalue weighted by Crippen LogP contribution is -2.49. The van der Waals surface area contributed by atoms with E-state index in [1.54, 1.807) is 6.07 Å². The Bertz CT molecular complexity index is 1490. The van der Waals surface area contributed by atoms with E-state index in [0.717, 1.165) is 21.7 Å². The number of hydrogen-bond acceptors (Lipinski definition) is 7. The number of piperazine rings is 1. The number of aryl methyl sites for hydroxylation is 2. The Hall–Kier alpha value is -3.08. The first-order valence-corrected chi connectivity index (χ1v) is 12.9. The molecule has 1 fully saturated rings. The highest BCUT2D eigenvalue weighted by molar-refractivity contribution is 7.89. The normalized spacial score (nSPS) is 15.3. The van der Waals surface area contributed by atoms with Crippen molar-refractivity contribution < 1.29 is 8.42 Å². The molecule has 0 atom stereocenters. The fourth-order valence-corrected chi connectivity index (χ4v) is 6.58. The summed E-state index contributed by atoms with van der Waals surface area (Å²) in [5.74, 6) is 0.548. The molecule has 10 heteroatoms. The Balaban J connectivity index is 1.37. The molecule has 2 aromatic carbocycles. The van der Waals surface area contributed by atoms with Crippen molar-refractivity contribution >= 4 is 32.1 Å². The molecule has 1 aliphatic rings. The number of fused-ring (bicyclic) bond motifs is 1. The first-order valence-electron chi connectivity index (χ1n) is 10.6. The fraction of sp³-hybridized carbons (Fsp3) is 0.261. The Morgan fingerprint density at radius 3 is 2.36 bits per heavy atom. The van der Waals surface area contributed by atoms with Crippen molar-refractivity contribution in [2.75, 3.05) is 31.1 Å². The van der Waals surface area contributed by atoms with Crippen LogP contribution in [0.3, 0.4) is 0 Å². The summed E-state index contributed by atoms with van der Waals surface area (Å²) in [6.07, 6.45) is 0. The Kier molecular flexibility index (Phi) is 5.51. The number of nitrogens with zero attached hydrogens (tertiary/aromatic N) is 5. The summed E-state index contributed by atoms with van der Waals surface area (Å²) in [6.45, 7) is 5.33. The molecule has 0 unspecified atom stereocenters. The van der Waals surface area contributed by atoms with Gasteiger partial charge in [-0.2, -0.15) is 13.9 Å². The molecular weight excluding hydrogens is 458 g/mol. The molecular formula is C23H23N5O3S2. The second kappa shape index (κ2) is 8.36. The number of rotatable bonds is 4. The van der Waals surface area contributed by atoms with Crippen LogP contribution in [0.2, 0.25) is 0 Å². The molecule has 0 radical (unpaired) electrons. The number of sulfonamides is 1. The zero-order chi connectivity index (χ0) is 23.2. The standard InChI is InChI=1S/C23H23N5O3S2/c1-16-8-9-19(17(2)14-16)33(30,31)27-12-10-26(11-13-27)20-15-21(29)28-23(24-20)32-22(25-28)18-6-4-3-5-7-18/h3-9,14-15H,10-13H2,1-2H3. The largest absolute Gasteiger partial charge is 0.354 e. The maximum atomic E-state index is 13.2. The average Bonchev–Trinajstić information content (AvgIpc) is 3.24. The Morgan fingerprint density at radius 1 is 0.939 bits per heavy atom. The van der Waals surface area contributed by atoms with E-state index in [-0.39, 0.29) is 5.56 Å². The van der Waals surface area contributed by atoms with E-state index >= 15 is 0 Å². The monoisotopic (exact) mass is 481 g/mol. The van der Waals surface area contributed by atoms with Gasteiger partial charge in [-0.15, -0.1) is 0 Å². The summed E-state index contributed by atoms with van der Waals surface area (Å²) in [6, 6.07) is 16.5. The van der Waals surface area contributed by atoms with Crippen LogP contribution in [-0.4, -0.2) is 53.5 Å². The minimum atomic E-state index is -3.57. The molecule has 1 aliphatic heterocycles. The number of aromatic nitrogens is 3. The van der Waals surface area contributed by atoms with Gasteiger partial charge >= 0.3 is 0 Å². The van der Waals surface area contributed by atoms with Gasteiger partial charge in [0.05, 0.1) is 4.90 Å². The quantitative estimate of drug-likeness (QED) is 0.445. The highest BCUT2D eigenvalue weighted by Crippen LogP contribution is 2.26. The van der Waals surface area contributed by atoms with E-state index in [1.807, 2.05) is 61.2 Å². The van der Waals surface area contributed by atoms with Crippen LogP contribution >= 0.6 is 11.3 Å². The first-order chi connectivity index (χ1) is 15.8. The number of hydrogen-bond donors (Lipinski definition) is 0. The van der Waals surface area contributed by atoms with Gasteiger partial charge in [0.15, 0.2) is 0 Å². The van der Waals surface area contributed by atoms with Crippen molar-refractivity contribution in [3.63, 3.8) is 0 Å². The van der Waals surface area contributed by atoms with Gasteiger partial charge in [-0.25, -0.2) is 13.4 Å². The van der Waals surface area contributed by atoms with Gasteiger partial charge in [-0.1, -0.05) is 59.4 Å². The van der Waals surface area contributed by atoms with Crippen LogP contribution < -0.4 is 10.5 Å². The third kappa shape index (κ3) is 4.05. The zero-order valence-corrected chi connectivity index (χ0v) is 19.9. The van der Waals surface area contributed by atoms with E-state index in [4.69, 9.17) is 0 Å². The van der Waals surface area contributed by atoms with Crippen LogP contribution in [0.4, 0.5) is 5.82 Å². The van der Waals surface area contributed by atoms with Crippen LogP contribution in [0.1, 0.15) is 11.1 Å². The van der Waals surface area contributed by atoms with Crippen LogP contribution in [0.5, 0.6) is 0 Å². The summed E-state index contributed by atoms with van der Waals surface area (Å²) in [5, 5.41) is 5.14. The molecule has 1 saturated heterocycles. The SMILES string of the molecule is Cc1ccc(S(=O)(=O)N2CCN(c3cc(=O)n4nc(-c5ccccc5)sc4n3)CC2)c(C)c1. The van der Waals surface area contributed by atoms with Crippen LogP contribution in [0.15, 0.2) is 64.3 Å². The number of anilines is 1. The molecule has 0 aliphatic carbocycles. The summed E-state index contributed by atoms with van der Waals surface area (Å²) in [4.78, 5) is 20.2. The lowest BCUT2D eigenvalue weighted by Gasteiger charge is -2.34. The molecule has 0 spiro atoms. The highest BCUT2D eigenvalue weighted by Gasteiger charge is 2.30. The summed E-state index contributed by atoms with van der Waals surface area (Å²) in [7, 11) is -3.57. The molecule has 0 saturated carbocycles. The predicted octanol–water partition coefficient (Wildman–Crippen LogP) is 2.95. The van der Waals surface area contributed by atoms with Crippen molar-refractivity contribution in [2.45, 2.75) is 18.7 Å². The molecule has 170 valence electrons. The predicted molar refractivity (Wildman–Crippen MR) is 129 cm³/mol. The van der Waals surface area contributed by atoms with E-state index in [0.29, 0.717) is 41.9 Å². The van der Waals surface area contributed by atoms with E-state index < -0.39 is 10.0 Å². The maximum Gasteiger partial charge on any atom is 0.277 e. The summed E-state index contributed by atoms with van der Waals surface area (Å²) in [5.41, 5.74) is 2.46. The molecule has 33 heavy (non-hydrogen) atoms. The zero-order valence-electron chi connectivity index (χ0n) is 18.3. The van der Waals surface area contributed by atoms with Gasteiger partial charge in [0.1, 0.15) is 10.8 Å². The number of benzene rings is 2. The lowest BCUT2D eigenvalue weighted by atomic mass is 10.2. The summed E-state index contributed by atoms with van der Waals surface area (Å²) < 4.78 is 29.1. The summed E-state index contributed by atoms with van der Waals surface area (Å²) >= 11 is 1.36. The second-order valence-electron chi connectivity index (χ2n) is 8.08. The van der Waals surface area contributed by atoms with Crippen molar-refractivity contribution in [3.05, 3.63) is 76.1 Å². The maximum absolute atomic E-state index is 13.2. The molecule has 0 bridgehead atoms. The smallest absolute Gasteiger partial charge is 0.277 e.